The van der Waals surface area contributed by atoms with Crippen LogP contribution in [0.15, 0.2) is 24.3 Å². The number of methoxy groups -OCH3 is 1. The van der Waals surface area contributed by atoms with Gasteiger partial charge in [-0.3, -0.25) is 4.90 Å². The first-order valence-electron chi connectivity index (χ1n) is 7.14. The number of aliphatic hydroxyl groups is 1. The van der Waals surface area contributed by atoms with Crippen LogP contribution in [-0.4, -0.2) is 55.6 Å². The van der Waals surface area contributed by atoms with Crippen molar-refractivity contribution < 1.29 is 14.6 Å². The van der Waals surface area contributed by atoms with Crippen LogP contribution >= 0.6 is 0 Å². The summed E-state index contributed by atoms with van der Waals surface area (Å²) < 4.78 is 10.7. The molecule has 1 aromatic carbocycles. The number of ether oxygens (including phenoxy) is 2. The quantitative estimate of drug-likeness (QED) is 0.750. The summed E-state index contributed by atoms with van der Waals surface area (Å²) >= 11 is 0. The lowest BCUT2D eigenvalue weighted by Crippen LogP contribution is -2.42. The smallest absolute Gasteiger partial charge is 0.119 e. The molecule has 2 atom stereocenters. The van der Waals surface area contributed by atoms with Crippen LogP contribution in [-0.2, 0) is 4.74 Å². The molecular formula is C16H24N2O3. The molecule has 0 aliphatic rings. The number of likely N-dealkylation sites (N-methyl/N-ethyl adjacent to an activating group) is 1. The third kappa shape index (κ3) is 6.13. The van der Waals surface area contributed by atoms with Crippen LogP contribution in [0.1, 0.15) is 19.4 Å². The molecule has 1 rings (SSSR count). The van der Waals surface area contributed by atoms with Crippen LogP contribution in [0.2, 0.25) is 0 Å². The van der Waals surface area contributed by atoms with E-state index in [-0.39, 0.29) is 12.6 Å². The molecule has 0 saturated carbocycles. The van der Waals surface area contributed by atoms with Crippen molar-refractivity contribution in [1.82, 2.24) is 4.90 Å². The van der Waals surface area contributed by atoms with Crippen molar-refractivity contribution in [3.63, 3.8) is 0 Å². The van der Waals surface area contributed by atoms with Gasteiger partial charge in [-0.15, -0.1) is 0 Å². The lowest BCUT2D eigenvalue weighted by atomic mass is 10.2. The minimum absolute atomic E-state index is 0.224. The highest BCUT2D eigenvalue weighted by Crippen LogP contribution is 2.12. The third-order valence-electron chi connectivity index (χ3n) is 3.31. The van der Waals surface area contributed by atoms with Crippen molar-refractivity contribution in [3.8, 4) is 11.8 Å². The lowest BCUT2D eigenvalue weighted by Gasteiger charge is -2.29. The van der Waals surface area contributed by atoms with Gasteiger partial charge in [0.2, 0.25) is 0 Å². The topological polar surface area (TPSA) is 65.7 Å². The molecule has 1 N–H and O–H groups in total. The van der Waals surface area contributed by atoms with Crippen LogP contribution in [0.25, 0.3) is 0 Å². The summed E-state index contributed by atoms with van der Waals surface area (Å²) in [6, 6.07) is 9.16. The molecule has 21 heavy (non-hydrogen) atoms. The van der Waals surface area contributed by atoms with Crippen molar-refractivity contribution in [2.24, 2.45) is 0 Å². The Balaban J connectivity index is 2.41. The van der Waals surface area contributed by atoms with Gasteiger partial charge in [0.1, 0.15) is 18.5 Å². The maximum absolute atomic E-state index is 10.1. The van der Waals surface area contributed by atoms with Gasteiger partial charge in [0.15, 0.2) is 0 Å². The fourth-order valence-electron chi connectivity index (χ4n) is 2.11. The van der Waals surface area contributed by atoms with Gasteiger partial charge in [-0.2, -0.15) is 5.26 Å². The maximum atomic E-state index is 10.1. The second-order valence-corrected chi connectivity index (χ2v) is 4.99. The summed E-state index contributed by atoms with van der Waals surface area (Å²) in [6.07, 6.45) is -0.570. The van der Waals surface area contributed by atoms with Crippen molar-refractivity contribution in [2.75, 3.05) is 33.4 Å². The number of nitriles is 1. The van der Waals surface area contributed by atoms with Gasteiger partial charge in [-0.25, -0.2) is 0 Å². The Labute approximate surface area is 126 Å². The van der Waals surface area contributed by atoms with Gasteiger partial charge in [0.25, 0.3) is 0 Å². The number of hydrogen-bond acceptors (Lipinski definition) is 5. The predicted octanol–water partition coefficient (Wildman–Crippen LogP) is 1.65. The minimum atomic E-state index is -0.570. The van der Waals surface area contributed by atoms with E-state index in [2.05, 4.69) is 24.8 Å². The zero-order valence-electron chi connectivity index (χ0n) is 13.0. The van der Waals surface area contributed by atoms with Gasteiger partial charge in [-0.1, -0.05) is 6.92 Å². The fourth-order valence-corrected chi connectivity index (χ4v) is 2.11. The molecule has 0 bridgehead atoms. The first kappa shape index (κ1) is 17.4. The second-order valence-electron chi connectivity index (χ2n) is 4.99. The van der Waals surface area contributed by atoms with Crippen LogP contribution in [0.3, 0.4) is 0 Å². The summed E-state index contributed by atoms with van der Waals surface area (Å²) in [7, 11) is 1.68. The first-order valence-corrected chi connectivity index (χ1v) is 7.14. The molecule has 116 valence electrons. The monoisotopic (exact) mass is 292 g/mol. The van der Waals surface area contributed by atoms with E-state index in [9.17, 15) is 5.11 Å². The van der Waals surface area contributed by atoms with E-state index in [1.807, 2.05) is 0 Å². The standard InChI is InChI=1S/C16H24N2O3/c1-4-18(13(2)11-20-3)10-15(19)12-21-16-7-5-14(9-17)6-8-16/h5-8,13,15,19H,4,10-12H2,1-3H3. The molecule has 0 aliphatic heterocycles. The third-order valence-corrected chi connectivity index (χ3v) is 3.31. The van der Waals surface area contributed by atoms with Crippen LogP contribution in [0.5, 0.6) is 5.75 Å². The molecule has 0 spiro atoms. The molecule has 2 unspecified atom stereocenters. The molecule has 0 saturated heterocycles. The van der Waals surface area contributed by atoms with E-state index in [0.717, 1.165) is 6.54 Å². The molecule has 0 radical (unpaired) electrons. The summed E-state index contributed by atoms with van der Waals surface area (Å²) in [5.41, 5.74) is 0.591. The van der Waals surface area contributed by atoms with Gasteiger partial charge < -0.3 is 14.6 Å². The molecule has 1 aromatic rings. The molecule has 0 heterocycles. The average molecular weight is 292 g/mol. The zero-order chi connectivity index (χ0) is 15.7. The van der Waals surface area contributed by atoms with Gasteiger partial charge in [0.05, 0.1) is 18.2 Å². The van der Waals surface area contributed by atoms with E-state index >= 15 is 0 Å². The molecule has 0 amide bonds. The Morgan fingerprint density at radius 1 is 1.29 bits per heavy atom. The van der Waals surface area contributed by atoms with Crippen LogP contribution in [0, 0.1) is 11.3 Å². The summed E-state index contributed by atoms with van der Waals surface area (Å²) in [5, 5.41) is 18.8. The zero-order valence-corrected chi connectivity index (χ0v) is 13.0. The summed E-state index contributed by atoms with van der Waals surface area (Å²) in [6.45, 7) is 6.37. The predicted molar refractivity (Wildman–Crippen MR) is 81.2 cm³/mol. The van der Waals surface area contributed by atoms with Crippen LogP contribution in [0.4, 0.5) is 0 Å². The summed E-state index contributed by atoms with van der Waals surface area (Å²) in [5.74, 6) is 0.654. The fraction of sp³-hybridized carbons (Fsp3) is 0.562. The average Bonchev–Trinajstić information content (AvgIpc) is 2.51. The number of nitrogens with zero attached hydrogens (tertiary/aromatic N) is 2. The molecular weight excluding hydrogens is 268 g/mol. The van der Waals surface area contributed by atoms with Crippen molar-refractivity contribution in [2.45, 2.75) is 26.0 Å². The number of hydrogen-bond donors (Lipinski definition) is 1. The maximum Gasteiger partial charge on any atom is 0.119 e. The highest BCUT2D eigenvalue weighted by atomic mass is 16.5. The van der Waals surface area contributed by atoms with Crippen molar-refractivity contribution in [3.05, 3.63) is 29.8 Å². The Kier molecular flexibility index (Phi) is 7.76. The number of aliphatic hydroxyl groups excluding tert-OH is 1. The van der Waals surface area contributed by atoms with E-state index in [4.69, 9.17) is 14.7 Å². The Bertz CT molecular complexity index is 442. The molecule has 0 aliphatic carbocycles. The Hall–Kier alpha value is -1.61. The van der Waals surface area contributed by atoms with Gasteiger partial charge in [0, 0.05) is 19.7 Å². The van der Waals surface area contributed by atoms with E-state index < -0.39 is 6.10 Å². The SMILES string of the molecule is CCN(CC(O)COc1ccc(C#N)cc1)C(C)COC. The second kappa shape index (κ2) is 9.35. The molecule has 0 fully saturated rings. The Morgan fingerprint density at radius 2 is 1.95 bits per heavy atom. The van der Waals surface area contributed by atoms with Gasteiger partial charge >= 0.3 is 0 Å². The first-order chi connectivity index (χ1) is 10.1. The normalized spacial score (nSPS) is 13.7. The van der Waals surface area contributed by atoms with Gasteiger partial charge in [-0.05, 0) is 37.7 Å². The molecule has 5 nitrogen and oxygen atoms in total. The molecule has 0 aromatic heterocycles. The summed E-state index contributed by atoms with van der Waals surface area (Å²) in [4.78, 5) is 2.15. The lowest BCUT2D eigenvalue weighted by molar-refractivity contribution is 0.0368. The molecule has 5 heteroatoms. The highest BCUT2D eigenvalue weighted by Gasteiger charge is 2.16. The van der Waals surface area contributed by atoms with E-state index in [1.54, 1.807) is 31.4 Å². The number of rotatable bonds is 9. The largest absolute Gasteiger partial charge is 0.491 e. The van der Waals surface area contributed by atoms with Crippen molar-refractivity contribution in [1.29, 1.82) is 5.26 Å². The van der Waals surface area contributed by atoms with E-state index in [1.165, 1.54) is 0 Å². The number of benzene rings is 1. The van der Waals surface area contributed by atoms with Crippen LogP contribution < -0.4 is 4.74 Å². The highest BCUT2D eigenvalue weighted by molar-refractivity contribution is 5.34. The minimum Gasteiger partial charge on any atom is -0.491 e. The van der Waals surface area contributed by atoms with E-state index in [0.29, 0.717) is 24.5 Å². The van der Waals surface area contributed by atoms with Crippen molar-refractivity contribution >= 4 is 0 Å². The Morgan fingerprint density at radius 3 is 2.48 bits per heavy atom.